The second-order valence-corrected chi connectivity index (χ2v) is 9.38. The Morgan fingerprint density at radius 2 is 1.85 bits per heavy atom. The van der Waals surface area contributed by atoms with E-state index < -0.39 is 0 Å². The number of H-pyrrole nitrogens is 1. The van der Waals surface area contributed by atoms with Gasteiger partial charge in [0.05, 0.1) is 5.69 Å². The molecule has 0 saturated heterocycles. The van der Waals surface area contributed by atoms with Crippen LogP contribution in [0.3, 0.4) is 0 Å². The van der Waals surface area contributed by atoms with E-state index in [1.807, 2.05) is 24.4 Å². The molecule has 4 nitrogen and oxygen atoms in total. The first-order valence-electron chi connectivity index (χ1n) is 9.17. The van der Waals surface area contributed by atoms with E-state index in [9.17, 15) is 0 Å². The summed E-state index contributed by atoms with van der Waals surface area (Å²) in [5.41, 5.74) is 4.85. The number of hydrogen-bond donors (Lipinski definition) is 1. The van der Waals surface area contributed by atoms with E-state index in [-0.39, 0.29) is 10.8 Å². The van der Waals surface area contributed by atoms with Gasteiger partial charge in [-0.2, -0.15) is 0 Å². The molecule has 0 aliphatic heterocycles. The number of fused-ring (bicyclic) bond motifs is 2. The van der Waals surface area contributed by atoms with Crippen LogP contribution < -0.4 is 0 Å². The van der Waals surface area contributed by atoms with Gasteiger partial charge in [0.1, 0.15) is 5.65 Å². The molecule has 3 heterocycles. The molecule has 0 spiro atoms. The molecular weight excluding hydrogens is 358 g/mol. The predicted octanol–water partition coefficient (Wildman–Crippen LogP) is 6.18. The molecule has 0 amide bonds. The lowest BCUT2D eigenvalue weighted by Crippen LogP contribution is -2.21. The average Bonchev–Trinajstić information content (AvgIpc) is 3.17. The van der Waals surface area contributed by atoms with Gasteiger partial charge in [0.25, 0.3) is 0 Å². The van der Waals surface area contributed by atoms with E-state index in [1.165, 1.54) is 11.3 Å². The minimum absolute atomic E-state index is 0.0705. The first-order valence-corrected chi connectivity index (χ1v) is 9.55. The van der Waals surface area contributed by atoms with Crippen molar-refractivity contribution in [2.75, 3.05) is 0 Å². The standard InChI is InChI=1S/C22H24ClN3O/c1-21(2,3)18-9-14-8-13(12-24-20(14)25-18)11-22(4,5)19-16-7-6-15(23)10-17(16)27-26-19/h6-10,12H,11H2,1-5H3,(H,24,25). The van der Waals surface area contributed by atoms with Crippen molar-refractivity contribution in [2.45, 2.75) is 51.9 Å². The molecule has 5 heteroatoms. The van der Waals surface area contributed by atoms with Gasteiger partial charge in [-0.25, -0.2) is 4.98 Å². The van der Waals surface area contributed by atoms with Crippen LogP contribution in [0.5, 0.6) is 0 Å². The topological polar surface area (TPSA) is 54.7 Å². The Kier molecular flexibility index (Phi) is 4.08. The molecule has 4 rings (SSSR count). The Labute approximate surface area is 163 Å². The van der Waals surface area contributed by atoms with Crippen LogP contribution in [0.15, 0.2) is 41.1 Å². The largest absolute Gasteiger partial charge is 0.356 e. The lowest BCUT2D eigenvalue weighted by Gasteiger charge is -2.22. The van der Waals surface area contributed by atoms with Crippen molar-refractivity contribution in [1.29, 1.82) is 0 Å². The third-order valence-corrected chi connectivity index (χ3v) is 5.29. The number of hydrogen-bond acceptors (Lipinski definition) is 3. The summed E-state index contributed by atoms with van der Waals surface area (Å²) in [6.45, 7) is 11.0. The number of benzene rings is 1. The molecule has 1 aromatic carbocycles. The summed E-state index contributed by atoms with van der Waals surface area (Å²) in [5, 5.41) is 7.15. The fourth-order valence-electron chi connectivity index (χ4n) is 3.56. The number of nitrogens with zero attached hydrogens (tertiary/aromatic N) is 2. The van der Waals surface area contributed by atoms with Crippen molar-refractivity contribution in [3.05, 3.63) is 58.5 Å². The molecular formula is C22H24ClN3O. The van der Waals surface area contributed by atoms with Gasteiger partial charge >= 0.3 is 0 Å². The Morgan fingerprint density at radius 1 is 1.07 bits per heavy atom. The van der Waals surface area contributed by atoms with Gasteiger partial charge in [-0.15, -0.1) is 0 Å². The average molecular weight is 382 g/mol. The quantitative estimate of drug-likeness (QED) is 0.461. The van der Waals surface area contributed by atoms with Crippen molar-refractivity contribution in [3.8, 4) is 0 Å². The summed E-state index contributed by atoms with van der Waals surface area (Å²) in [6.07, 6.45) is 2.77. The summed E-state index contributed by atoms with van der Waals surface area (Å²) >= 11 is 6.06. The third-order valence-electron chi connectivity index (χ3n) is 5.06. The summed E-state index contributed by atoms with van der Waals surface area (Å²) in [6, 6.07) is 10.1. The zero-order chi connectivity index (χ0) is 19.4. The molecule has 0 aliphatic rings. The SMILES string of the molecule is CC(C)(C)c1cc2cc(CC(C)(C)c3noc4cc(Cl)ccc34)cnc2[nH]1. The molecule has 4 aromatic rings. The highest BCUT2D eigenvalue weighted by Crippen LogP contribution is 2.34. The van der Waals surface area contributed by atoms with Crippen molar-refractivity contribution in [2.24, 2.45) is 0 Å². The third kappa shape index (κ3) is 3.34. The van der Waals surface area contributed by atoms with Crippen LogP contribution >= 0.6 is 11.6 Å². The molecule has 0 aliphatic carbocycles. The Hall–Kier alpha value is -2.33. The number of pyridine rings is 1. The van der Waals surface area contributed by atoms with E-state index in [0.29, 0.717) is 5.02 Å². The Bertz CT molecular complexity index is 1130. The molecule has 0 bridgehead atoms. The van der Waals surface area contributed by atoms with Gasteiger partial charge in [0.2, 0.25) is 0 Å². The molecule has 0 atom stereocenters. The predicted molar refractivity (Wildman–Crippen MR) is 111 cm³/mol. The van der Waals surface area contributed by atoms with E-state index in [0.717, 1.165) is 34.1 Å². The van der Waals surface area contributed by atoms with Gasteiger partial charge in [-0.3, -0.25) is 0 Å². The van der Waals surface area contributed by atoms with Crippen molar-refractivity contribution in [3.63, 3.8) is 0 Å². The maximum absolute atomic E-state index is 6.06. The van der Waals surface area contributed by atoms with Crippen LogP contribution in [0.25, 0.3) is 22.0 Å². The molecule has 0 radical (unpaired) electrons. The lowest BCUT2D eigenvalue weighted by atomic mass is 9.81. The van der Waals surface area contributed by atoms with E-state index in [2.05, 4.69) is 61.9 Å². The molecule has 0 unspecified atom stereocenters. The summed E-state index contributed by atoms with van der Waals surface area (Å²) in [4.78, 5) is 8.07. The van der Waals surface area contributed by atoms with Crippen molar-refractivity contribution in [1.82, 2.24) is 15.1 Å². The smallest absolute Gasteiger partial charge is 0.168 e. The van der Waals surface area contributed by atoms with Crippen LogP contribution in [0.2, 0.25) is 5.02 Å². The van der Waals surface area contributed by atoms with Gasteiger partial charge in [-0.1, -0.05) is 51.4 Å². The van der Waals surface area contributed by atoms with Gasteiger partial charge in [0, 0.05) is 44.6 Å². The second kappa shape index (κ2) is 6.10. The molecule has 1 N–H and O–H groups in total. The number of nitrogens with one attached hydrogen (secondary N) is 1. The molecule has 140 valence electrons. The summed E-state index contributed by atoms with van der Waals surface area (Å²) in [5.74, 6) is 0. The van der Waals surface area contributed by atoms with Gasteiger partial charge in [-0.05, 0) is 36.2 Å². The molecule has 0 fully saturated rings. The summed E-state index contributed by atoms with van der Waals surface area (Å²) < 4.78 is 5.51. The number of aromatic nitrogens is 3. The Balaban J connectivity index is 1.69. The highest BCUT2D eigenvalue weighted by molar-refractivity contribution is 6.31. The maximum atomic E-state index is 6.06. The first kappa shape index (κ1) is 18.1. The maximum Gasteiger partial charge on any atom is 0.168 e. The summed E-state index contributed by atoms with van der Waals surface area (Å²) in [7, 11) is 0. The molecule has 0 saturated carbocycles. The van der Waals surface area contributed by atoms with E-state index >= 15 is 0 Å². The van der Waals surface area contributed by atoms with E-state index in [4.69, 9.17) is 16.1 Å². The van der Waals surface area contributed by atoms with Crippen LogP contribution in [-0.2, 0) is 17.3 Å². The first-order chi connectivity index (χ1) is 12.6. The zero-order valence-electron chi connectivity index (χ0n) is 16.4. The van der Waals surface area contributed by atoms with Crippen LogP contribution in [0, 0.1) is 0 Å². The fourth-order valence-corrected chi connectivity index (χ4v) is 3.72. The van der Waals surface area contributed by atoms with E-state index in [1.54, 1.807) is 0 Å². The number of rotatable bonds is 3. The normalized spacial score (nSPS) is 13.0. The fraction of sp³-hybridized carbons (Fsp3) is 0.364. The lowest BCUT2D eigenvalue weighted by molar-refractivity contribution is 0.406. The highest BCUT2D eigenvalue weighted by Gasteiger charge is 2.28. The highest BCUT2D eigenvalue weighted by atomic mass is 35.5. The zero-order valence-corrected chi connectivity index (χ0v) is 17.1. The minimum Gasteiger partial charge on any atom is -0.356 e. The van der Waals surface area contributed by atoms with Crippen LogP contribution in [0.4, 0.5) is 0 Å². The second-order valence-electron chi connectivity index (χ2n) is 8.95. The van der Waals surface area contributed by atoms with Crippen molar-refractivity contribution < 1.29 is 4.52 Å². The number of halogens is 1. The van der Waals surface area contributed by atoms with Crippen LogP contribution in [-0.4, -0.2) is 15.1 Å². The van der Waals surface area contributed by atoms with Gasteiger partial charge in [0.15, 0.2) is 5.58 Å². The van der Waals surface area contributed by atoms with Crippen molar-refractivity contribution >= 4 is 33.6 Å². The molecule has 3 aromatic heterocycles. The number of aromatic amines is 1. The van der Waals surface area contributed by atoms with Crippen LogP contribution in [0.1, 0.15) is 51.6 Å². The monoisotopic (exact) mass is 381 g/mol. The Morgan fingerprint density at radius 3 is 2.59 bits per heavy atom. The molecule has 27 heavy (non-hydrogen) atoms. The van der Waals surface area contributed by atoms with Gasteiger partial charge < -0.3 is 9.51 Å². The minimum atomic E-state index is -0.197.